The lowest BCUT2D eigenvalue weighted by Crippen LogP contribution is -2.27. The standard InChI is InChI=1S/C26H24N4O2S/c1-18-12-14-21(15-13-18)33(31,32)27-16-17-30-25-22-10-6-7-11-23(22)28-19(2)24(25)29-26(30)20-8-4-3-5-9-20/h3-15,27H,16-17H2,1-2H3. The Morgan fingerprint density at radius 2 is 1.55 bits per heavy atom. The van der Waals surface area contributed by atoms with E-state index in [1.165, 1.54) is 0 Å². The highest BCUT2D eigenvalue weighted by Crippen LogP contribution is 2.31. The van der Waals surface area contributed by atoms with Crippen LogP contribution in [0.2, 0.25) is 0 Å². The van der Waals surface area contributed by atoms with Crippen molar-refractivity contribution in [3.05, 3.63) is 90.1 Å². The minimum Gasteiger partial charge on any atom is -0.322 e. The summed E-state index contributed by atoms with van der Waals surface area (Å²) in [7, 11) is -3.61. The van der Waals surface area contributed by atoms with Gasteiger partial charge in [-0.15, -0.1) is 0 Å². The Labute approximate surface area is 193 Å². The molecule has 2 aromatic heterocycles. The van der Waals surface area contributed by atoms with Crippen molar-refractivity contribution in [3.63, 3.8) is 0 Å². The number of nitrogens with zero attached hydrogens (tertiary/aromatic N) is 3. The largest absolute Gasteiger partial charge is 0.322 e. The van der Waals surface area contributed by atoms with Crippen molar-refractivity contribution < 1.29 is 8.42 Å². The van der Waals surface area contributed by atoms with Gasteiger partial charge in [-0.1, -0.05) is 66.2 Å². The second-order valence-corrected chi connectivity index (χ2v) is 9.84. The van der Waals surface area contributed by atoms with Crippen molar-refractivity contribution in [1.82, 2.24) is 19.3 Å². The number of rotatable bonds is 6. The summed E-state index contributed by atoms with van der Waals surface area (Å²) < 4.78 is 30.5. The number of benzene rings is 3. The van der Waals surface area contributed by atoms with Gasteiger partial charge in [0.15, 0.2) is 0 Å². The van der Waals surface area contributed by atoms with Gasteiger partial charge >= 0.3 is 0 Å². The SMILES string of the molecule is Cc1ccc(S(=O)(=O)NCCn2c(-c3ccccc3)nc3c(C)nc4ccccc4c32)cc1. The molecule has 6 nitrogen and oxygen atoms in total. The molecule has 3 aromatic carbocycles. The smallest absolute Gasteiger partial charge is 0.240 e. The van der Waals surface area contributed by atoms with E-state index in [4.69, 9.17) is 9.97 Å². The average Bonchev–Trinajstić information content (AvgIpc) is 3.20. The van der Waals surface area contributed by atoms with Gasteiger partial charge in [-0.2, -0.15) is 0 Å². The molecule has 166 valence electrons. The molecule has 0 atom stereocenters. The summed E-state index contributed by atoms with van der Waals surface area (Å²) in [6, 6.07) is 24.8. The van der Waals surface area contributed by atoms with Gasteiger partial charge in [-0.05, 0) is 32.0 Å². The molecule has 5 rings (SSSR count). The minimum absolute atomic E-state index is 0.233. The maximum Gasteiger partial charge on any atom is 0.240 e. The van der Waals surface area contributed by atoms with E-state index in [1.54, 1.807) is 24.3 Å². The van der Waals surface area contributed by atoms with Gasteiger partial charge in [0.05, 0.1) is 21.6 Å². The number of imidazole rings is 1. The number of aryl methyl sites for hydroxylation is 2. The van der Waals surface area contributed by atoms with Crippen LogP contribution < -0.4 is 4.72 Å². The molecule has 0 fully saturated rings. The minimum atomic E-state index is -3.61. The lowest BCUT2D eigenvalue weighted by Gasteiger charge is -2.12. The molecular formula is C26H24N4O2S. The Kier molecular flexibility index (Phi) is 5.44. The van der Waals surface area contributed by atoms with Crippen molar-refractivity contribution in [2.75, 3.05) is 6.54 Å². The van der Waals surface area contributed by atoms with E-state index < -0.39 is 10.0 Å². The first-order valence-electron chi connectivity index (χ1n) is 10.8. The zero-order valence-corrected chi connectivity index (χ0v) is 19.3. The first-order valence-corrected chi connectivity index (χ1v) is 12.3. The molecule has 0 saturated carbocycles. The quantitative estimate of drug-likeness (QED) is 0.396. The van der Waals surface area contributed by atoms with Crippen LogP contribution in [0.3, 0.4) is 0 Å². The Bertz CT molecular complexity index is 1560. The van der Waals surface area contributed by atoms with E-state index >= 15 is 0 Å². The first-order chi connectivity index (χ1) is 15.9. The lowest BCUT2D eigenvalue weighted by atomic mass is 10.1. The van der Waals surface area contributed by atoms with E-state index in [1.807, 2.05) is 68.4 Å². The first kappa shape index (κ1) is 21.3. The van der Waals surface area contributed by atoms with Gasteiger partial charge < -0.3 is 4.57 Å². The van der Waals surface area contributed by atoms with Gasteiger partial charge in [0.1, 0.15) is 11.3 Å². The third kappa shape index (κ3) is 4.01. The van der Waals surface area contributed by atoms with E-state index in [0.29, 0.717) is 6.54 Å². The van der Waals surface area contributed by atoms with Gasteiger partial charge in [-0.25, -0.2) is 18.1 Å². The van der Waals surface area contributed by atoms with E-state index in [9.17, 15) is 8.42 Å². The summed E-state index contributed by atoms with van der Waals surface area (Å²) in [5, 5.41) is 0.995. The number of hydrogen-bond donors (Lipinski definition) is 1. The normalized spacial score (nSPS) is 11.9. The van der Waals surface area contributed by atoms with Crippen LogP contribution in [-0.2, 0) is 16.6 Å². The molecule has 0 aliphatic rings. The molecule has 0 unspecified atom stereocenters. The molecule has 0 bridgehead atoms. The van der Waals surface area contributed by atoms with E-state index in [0.717, 1.165) is 44.6 Å². The van der Waals surface area contributed by atoms with E-state index in [-0.39, 0.29) is 11.4 Å². The fourth-order valence-electron chi connectivity index (χ4n) is 4.10. The molecule has 0 aliphatic heterocycles. The number of hydrogen-bond acceptors (Lipinski definition) is 4. The molecule has 0 aliphatic carbocycles. The van der Waals surface area contributed by atoms with Gasteiger partial charge in [-0.3, -0.25) is 4.98 Å². The summed E-state index contributed by atoms with van der Waals surface area (Å²) >= 11 is 0. The van der Waals surface area contributed by atoms with Crippen molar-refractivity contribution in [2.24, 2.45) is 0 Å². The topological polar surface area (TPSA) is 76.9 Å². The van der Waals surface area contributed by atoms with Crippen molar-refractivity contribution in [1.29, 1.82) is 0 Å². The van der Waals surface area contributed by atoms with Crippen LogP contribution in [0.25, 0.3) is 33.3 Å². The van der Waals surface area contributed by atoms with Crippen LogP contribution in [0, 0.1) is 13.8 Å². The number of fused-ring (bicyclic) bond motifs is 3. The van der Waals surface area contributed by atoms with Crippen LogP contribution in [0.4, 0.5) is 0 Å². The zero-order valence-electron chi connectivity index (χ0n) is 18.5. The number of sulfonamides is 1. The Balaban J connectivity index is 1.58. The third-order valence-corrected chi connectivity index (χ3v) is 7.23. The summed E-state index contributed by atoms with van der Waals surface area (Å²) in [5.74, 6) is 0.793. The number of pyridine rings is 1. The monoisotopic (exact) mass is 456 g/mol. The molecule has 0 spiro atoms. The summed E-state index contributed by atoms with van der Waals surface area (Å²) in [5.41, 5.74) is 5.52. The fourth-order valence-corrected chi connectivity index (χ4v) is 5.12. The predicted octanol–water partition coefficient (Wildman–Crippen LogP) is 4.85. The highest BCUT2D eigenvalue weighted by Gasteiger charge is 2.19. The molecule has 2 heterocycles. The molecule has 0 saturated heterocycles. The lowest BCUT2D eigenvalue weighted by molar-refractivity contribution is 0.575. The Morgan fingerprint density at radius 1 is 0.848 bits per heavy atom. The summed E-state index contributed by atoms with van der Waals surface area (Å²) in [6.07, 6.45) is 0. The summed E-state index contributed by atoms with van der Waals surface area (Å²) in [6.45, 7) is 4.55. The Morgan fingerprint density at radius 3 is 2.30 bits per heavy atom. The zero-order chi connectivity index (χ0) is 23.0. The fraction of sp³-hybridized carbons (Fsp3) is 0.154. The molecule has 0 radical (unpaired) electrons. The molecule has 7 heteroatoms. The third-order valence-electron chi connectivity index (χ3n) is 5.75. The van der Waals surface area contributed by atoms with E-state index in [2.05, 4.69) is 9.29 Å². The van der Waals surface area contributed by atoms with Gasteiger partial charge in [0.2, 0.25) is 10.0 Å². The van der Waals surface area contributed by atoms with Gasteiger partial charge in [0, 0.05) is 24.0 Å². The molecule has 0 amide bonds. The second-order valence-electron chi connectivity index (χ2n) is 8.08. The van der Waals surface area contributed by atoms with Crippen LogP contribution in [-0.4, -0.2) is 29.5 Å². The van der Waals surface area contributed by atoms with Crippen LogP contribution in [0.1, 0.15) is 11.3 Å². The molecular weight excluding hydrogens is 432 g/mol. The number of nitrogens with one attached hydrogen (secondary N) is 1. The second kappa shape index (κ2) is 8.42. The highest BCUT2D eigenvalue weighted by atomic mass is 32.2. The molecule has 1 N–H and O–H groups in total. The Hall–Kier alpha value is -3.55. The number of aromatic nitrogens is 3. The van der Waals surface area contributed by atoms with Crippen molar-refractivity contribution in [2.45, 2.75) is 25.3 Å². The van der Waals surface area contributed by atoms with Crippen molar-refractivity contribution in [3.8, 4) is 11.4 Å². The van der Waals surface area contributed by atoms with Crippen LogP contribution in [0.15, 0.2) is 83.8 Å². The van der Waals surface area contributed by atoms with Gasteiger partial charge in [0.25, 0.3) is 0 Å². The molecule has 33 heavy (non-hydrogen) atoms. The van der Waals surface area contributed by atoms with Crippen LogP contribution >= 0.6 is 0 Å². The predicted molar refractivity (Wildman–Crippen MR) is 132 cm³/mol. The maximum atomic E-state index is 12.8. The van der Waals surface area contributed by atoms with Crippen LogP contribution in [0.5, 0.6) is 0 Å². The average molecular weight is 457 g/mol. The van der Waals surface area contributed by atoms with Crippen molar-refractivity contribution >= 4 is 32.0 Å². The molecule has 5 aromatic rings. The summed E-state index contributed by atoms with van der Waals surface area (Å²) in [4.78, 5) is 9.93. The highest BCUT2D eigenvalue weighted by molar-refractivity contribution is 7.89. The maximum absolute atomic E-state index is 12.8. The number of para-hydroxylation sites is 1.